The van der Waals surface area contributed by atoms with Gasteiger partial charge in [-0.2, -0.15) is 0 Å². The second kappa shape index (κ2) is 12.6. The van der Waals surface area contributed by atoms with E-state index in [1.807, 2.05) is 0 Å². The number of benzene rings is 4. The number of phenolic OH excluding ortho intramolecular Hbond substituents is 1. The van der Waals surface area contributed by atoms with Crippen LogP contribution in [0, 0.1) is 23.7 Å². The zero-order chi connectivity index (χ0) is 38.3. The molecule has 0 radical (unpaired) electrons. The molecule has 0 spiro atoms. The number of nitrogens with zero attached hydrogens (tertiary/aromatic N) is 2. The Labute approximate surface area is 310 Å². The average molecular weight is 757 g/mol. The molecule has 54 heavy (non-hydrogen) atoms. The van der Waals surface area contributed by atoms with Crippen LogP contribution in [0.3, 0.4) is 0 Å². The number of aromatic hydroxyl groups is 1. The van der Waals surface area contributed by atoms with Crippen LogP contribution < -0.4 is 14.5 Å². The van der Waals surface area contributed by atoms with Crippen molar-refractivity contribution in [2.45, 2.75) is 30.5 Å². The molecule has 4 aliphatic rings. The van der Waals surface area contributed by atoms with E-state index >= 15 is 4.79 Å². The molecule has 0 aromatic heterocycles. The molecule has 274 valence electrons. The predicted octanol–water partition coefficient (Wildman–Crippen LogP) is 7.01. The van der Waals surface area contributed by atoms with Crippen molar-refractivity contribution in [1.29, 1.82) is 0 Å². The minimum atomic E-state index is -5.11. The molecule has 8 rings (SSSR count). The minimum Gasteiger partial charge on any atom is -0.508 e. The Hall–Kier alpha value is -5.95. The van der Waals surface area contributed by atoms with Gasteiger partial charge in [0.1, 0.15) is 11.5 Å². The monoisotopic (exact) mass is 756 g/mol. The van der Waals surface area contributed by atoms with Gasteiger partial charge in [0.05, 0.1) is 40.1 Å². The highest BCUT2D eigenvalue weighted by molar-refractivity contribution is 6.32. The van der Waals surface area contributed by atoms with Gasteiger partial charge in [-0.05, 0) is 78.9 Å². The van der Waals surface area contributed by atoms with Crippen LogP contribution in [0.15, 0.2) is 109 Å². The van der Waals surface area contributed by atoms with E-state index in [1.165, 1.54) is 36.4 Å². The number of ether oxygens (including phenoxy) is 1. The van der Waals surface area contributed by atoms with Crippen molar-refractivity contribution >= 4 is 52.6 Å². The molecule has 14 heteroatoms. The average Bonchev–Trinajstić information content (AvgIpc) is 3.53. The first kappa shape index (κ1) is 35.1. The van der Waals surface area contributed by atoms with E-state index in [2.05, 4.69) is 4.74 Å². The lowest BCUT2D eigenvalue weighted by Gasteiger charge is -2.50. The fourth-order valence-corrected chi connectivity index (χ4v) is 9.27. The van der Waals surface area contributed by atoms with E-state index in [9.17, 15) is 42.6 Å². The number of hydrogen-bond donors (Lipinski definition) is 2. The number of halogens is 4. The first-order valence-corrected chi connectivity index (χ1v) is 17.3. The zero-order valence-corrected chi connectivity index (χ0v) is 28.6. The molecule has 2 saturated heterocycles. The van der Waals surface area contributed by atoms with Crippen LogP contribution >= 0.6 is 11.6 Å². The molecule has 0 unspecified atom stereocenters. The fraction of sp³-hybridized carbons (Fsp3) is 0.225. The second-order valence-corrected chi connectivity index (χ2v) is 14.2. The third-order valence-corrected chi connectivity index (χ3v) is 11.3. The molecule has 6 atom stereocenters. The number of carbonyl (C=O) groups is 5. The summed E-state index contributed by atoms with van der Waals surface area (Å²) in [6.07, 6.45) is -3.58. The van der Waals surface area contributed by atoms with Gasteiger partial charge >= 0.3 is 12.3 Å². The normalized spacial score (nSPS) is 26.3. The van der Waals surface area contributed by atoms with Crippen molar-refractivity contribution in [3.05, 3.63) is 130 Å². The zero-order valence-electron chi connectivity index (χ0n) is 27.9. The number of anilines is 2. The van der Waals surface area contributed by atoms with Crippen LogP contribution in [0.4, 0.5) is 24.5 Å². The number of rotatable bonds is 6. The number of carboxylic acids is 1. The highest BCUT2D eigenvalue weighted by Crippen LogP contribution is 2.65. The molecule has 0 bridgehead atoms. The van der Waals surface area contributed by atoms with Crippen LogP contribution in [-0.4, -0.2) is 46.2 Å². The van der Waals surface area contributed by atoms with Crippen LogP contribution in [0.5, 0.6) is 11.5 Å². The van der Waals surface area contributed by atoms with Crippen molar-refractivity contribution in [3.63, 3.8) is 0 Å². The second-order valence-electron chi connectivity index (χ2n) is 13.7. The third kappa shape index (κ3) is 5.28. The Morgan fingerprint density at radius 2 is 1.52 bits per heavy atom. The molecule has 10 nitrogen and oxygen atoms in total. The molecular formula is C40H28ClF3N2O8. The van der Waals surface area contributed by atoms with Crippen molar-refractivity contribution in [1.82, 2.24) is 0 Å². The predicted molar refractivity (Wildman–Crippen MR) is 187 cm³/mol. The van der Waals surface area contributed by atoms with Crippen molar-refractivity contribution in [2.24, 2.45) is 23.7 Å². The number of imide groups is 2. The topological polar surface area (TPSA) is 142 Å². The first-order valence-electron chi connectivity index (χ1n) is 16.9. The molecular weight excluding hydrogens is 729 g/mol. The number of allylic oxidation sites excluding steroid dienone is 2. The Kier molecular flexibility index (Phi) is 8.18. The summed E-state index contributed by atoms with van der Waals surface area (Å²) in [5.41, 5.74) is -1.27. The molecule has 2 heterocycles. The lowest BCUT2D eigenvalue weighted by atomic mass is 9.49. The largest absolute Gasteiger partial charge is 0.573 e. The molecule has 2 N–H and O–H groups in total. The van der Waals surface area contributed by atoms with Crippen molar-refractivity contribution < 1.29 is 52.1 Å². The van der Waals surface area contributed by atoms with Gasteiger partial charge in [0.25, 0.3) is 0 Å². The van der Waals surface area contributed by atoms with Gasteiger partial charge in [0, 0.05) is 16.5 Å². The highest BCUT2D eigenvalue weighted by atomic mass is 35.5. The smallest absolute Gasteiger partial charge is 0.508 e. The highest BCUT2D eigenvalue weighted by Gasteiger charge is 2.70. The van der Waals surface area contributed by atoms with Crippen LogP contribution in [0.1, 0.15) is 40.2 Å². The number of fused-ring (bicyclic) bond motifs is 4. The minimum absolute atomic E-state index is 0.0259. The van der Waals surface area contributed by atoms with Gasteiger partial charge in [-0.1, -0.05) is 65.7 Å². The standard InChI is InChI=1S/C40H28ClF3N2O8/c41-22-9-5-11-24(17-22)46-35(49)30-19-28-26(13-14-27-32(28)36(50)45(34(27)48)23-10-4-6-20(16-23)37(51)52)33(39(30,38(46)53)21-7-2-1-3-8-21)29-18-25(12-15-31(29)47)54-40(42,43)44/h1-13,15-18,27-28,30,32-33,47H,14,19H2,(H,51,52)/t27-,28+,30-,32-,33+,39+/m0/s1. The maximum absolute atomic E-state index is 15.3. The number of phenols is 1. The Morgan fingerprint density at radius 1 is 0.815 bits per heavy atom. The van der Waals surface area contributed by atoms with Crippen LogP contribution in [0.2, 0.25) is 5.02 Å². The van der Waals surface area contributed by atoms with Gasteiger partial charge in [-0.3, -0.25) is 24.1 Å². The summed E-state index contributed by atoms with van der Waals surface area (Å²) in [4.78, 5) is 72.3. The number of amides is 4. The van der Waals surface area contributed by atoms with Gasteiger partial charge in [-0.25, -0.2) is 9.69 Å². The van der Waals surface area contributed by atoms with E-state index in [4.69, 9.17) is 11.6 Å². The summed E-state index contributed by atoms with van der Waals surface area (Å²) >= 11 is 6.32. The molecule has 2 aliphatic carbocycles. The molecule has 4 aromatic rings. The summed E-state index contributed by atoms with van der Waals surface area (Å²) in [7, 11) is 0. The quantitative estimate of drug-likeness (QED) is 0.158. The SMILES string of the molecule is O=C(O)c1cccc(N2C(=O)[C@H]3[C@H](CC=C4[C@H]3C[C@H]3C(=O)N(c5cccc(Cl)c5)C(=O)[C@@]3(c3ccccc3)[C@H]4c3cc(OC(F)(F)F)ccc3O)C2=O)c1. The summed E-state index contributed by atoms with van der Waals surface area (Å²) in [5.74, 6) is -10.6. The fourth-order valence-electron chi connectivity index (χ4n) is 9.08. The molecule has 4 aromatic carbocycles. The van der Waals surface area contributed by atoms with Gasteiger partial charge < -0.3 is 14.9 Å². The van der Waals surface area contributed by atoms with Gasteiger partial charge in [0.15, 0.2) is 0 Å². The number of carboxylic acid groups (broad SMARTS) is 1. The number of alkyl halides is 3. The first-order chi connectivity index (χ1) is 25.7. The van der Waals surface area contributed by atoms with Crippen LogP contribution in [-0.2, 0) is 24.6 Å². The van der Waals surface area contributed by atoms with E-state index in [-0.39, 0.29) is 40.4 Å². The number of hydrogen-bond acceptors (Lipinski definition) is 7. The lowest BCUT2D eigenvalue weighted by molar-refractivity contribution is -0.274. The maximum Gasteiger partial charge on any atom is 0.573 e. The summed E-state index contributed by atoms with van der Waals surface area (Å²) < 4.78 is 45.0. The molecule has 3 fully saturated rings. The number of carbonyl (C=O) groups excluding carboxylic acids is 4. The maximum atomic E-state index is 15.3. The lowest BCUT2D eigenvalue weighted by Crippen LogP contribution is -2.53. The van der Waals surface area contributed by atoms with Crippen molar-refractivity contribution in [3.8, 4) is 11.5 Å². The van der Waals surface area contributed by atoms with E-state index < -0.39 is 82.5 Å². The molecule has 4 amide bonds. The van der Waals surface area contributed by atoms with Crippen molar-refractivity contribution in [2.75, 3.05) is 9.80 Å². The van der Waals surface area contributed by atoms with E-state index in [0.717, 1.165) is 28.0 Å². The third-order valence-electron chi connectivity index (χ3n) is 11.1. The van der Waals surface area contributed by atoms with E-state index in [0.29, 0.717) is 11.1 Å². The van der Waals surface area contributed by atoms with Gasteiger partial charge in [0.2, 0.25) is 23.6 Å². The van der Waals surface area contributed by atoms with Gasteiger partial charge in [-0.15, -0.1) is 13.2 Å². The Morgan fingerprint density at radius 3 is 2.20 bits per heavy atom. The van der Waals surface area contributed by atoms with E-state index in [1.54, 1.807) is 48.5 Å². The molecule has 2 aliphatic heterocycles. The summed E-state index contributed by atoms with van der Waals surface area (Å²) in [6, 6.07) is 22.6. The summed E-state index contributed by atoms with van der Waals surface area (Å²) in [6.45, 7) is 0. The van der Waals surface area contributed by atoms with Crippen LogP contribution in [0.25, 0.3) is 0 Å². The Balaban J connectivity index is 1.36. The molecule has 1 saturated carbocycles. The summed E-state index contributed by atoms with van der Waals surface area (Å²) in [5, 5.41) is 21.3. The number of aromatic carboxylic acids is 1. The Bertz CT molecular complexity index is 2310.